The van der Waals surface area contributed by atoms with Gasteiger partial charge in [-0.05, 0) is 62.4 Å². The van der Waals surface area contributed by atoms with Crippen LogP contribution in [0.2, 0.25) is 0 Å². The van der Waals surface area contributed by atoms with Crippen LogP contribution in [0.1, 0.15) is 57.7 Å². The second-order valence-corrected chi connectivity index (χ2v) is 7.51. The number of hydrogen-bond donors (Lipinski definition) is 2. The fourth-order valence-corrected chi connectivity index (χ4v) is 2.77. The number of aromatic nitrogens is 2. The highest BCUT2D eigenvalue weighted by Crippen LogP contribution is 2.28. The lowest BCUT2D eigenvalue weighted by atomic mass is 10.1. The lowest BCUT2D eigenvalue weighted by Gasteiger charge is -2.17. The predicted octanol–water partition coefficient (Wildman–Crippen LogP) is 5.14. The van der Waals surface area contributed by atoms with Crippen LogP contribution in [0.25, 0.3) is 0 Å². The number of anilines is 1. The van der Waals surface area contributed by atoms with Crippen molar-refractivity contribution in [1.82, 2.24) is 15.3 Å². The number of pyridine rings is 2. The topological polar surface area (TPSA) is 85.4 Å². The Morgan fingerprint density at radius 3 is 2.75 bits per heavy atom. The van der Waals surface area contributed by atoms with Crippen molar-refractivity contribution in [3.05, 3.63) is 47.3 Å². The molecule has 0 saturated heterocycles. The lowest BCUT2D eigenvalue weighted by molar-refractivity contribution is -0.154. The highest BCUT2D eigenvalue weighted by atomic mass is 19.4. The van der Waals surface area contributed by atoms with Gasteiger partial charge in [-0.15, -0.1) is 0 Å². The van der Waals surface area contributed by atoms with Crippen LogP contribution >= 0.6 is 0 Å². The third kappa shape index (κ3) is 7.99. The van der Waals surface area contributed by atoms with Crippen molar-refractivity contribution in [3.8, 4) is 5.88 Å². The van der Waals surface area contributed by atoms with Crippen molar-refractivity contribution in [2.45, 2.75) is 46.3 Å². The first-order chi connectivity index (χ1) is 14.7. The molecule has 0 bridgehead atoms. The summed E-state index contributed by atoms with van der Waals surface area (Å²) in [7, 11) is 0. The van der Waals surface area contributed by atoms with Gasteiger partial charge < -0.3 is 20.1 Å². The molecule has 3 rings (SSSR count). The minimum atomic E-state index is -4.53. The molecule has 2 heterocycles. The first-order valence-corrected chi connectivity index (χ1v) is 9.97. The summed E-state index contributed by atoms with van der Waals surface area (Å²) < 4.78 is 47.9. The maximum absolute atomic E-state index is 12.7. The molecule has 0 radical (unpaired) electrons. The van der Waals surface area contributed by atoms with E-state index >= 15 is 0 Å². The molecule has 180 valence electrons. The number of rotatable bonds is 10. The number of nitrogens with one attached hydrogen (secondary N) is 2. The van der Waals surface area contributed by atoms with Crippen LogP contribution in [0.3, 0.4) is 0 Å². The average molecular weight is 459 g/mol. The molecule has 0 aromatic carbocycles. The average Bonchev–Trinajstić information content (AvgIpc) is 3.54. The zero-order chi connectivity index (χ0) is 22.4. The summed E-state index contributed by atoms with van der Waals surface area (Å²) in [5, 5.41) is 5.83. The molecule has 2 aromatic rings. The molecule has 1 unspecified atom stereocenters. The zero-order valence-electron chi connectivity index (χ0n) is 17.3. The summed E-state index contributed by atoms with van der Waals surface area (Å²) >= 11 is 0. The molecule has 1 fully saturated rings. The van der Waals surface area contributed by atoms with E-state index < -0.39 is 24.7 Å². The molecule has 2 aromatic heterocycles. The van der Waals surface area contributed by atoms with Gasteiger partial charge in [-0.25, -0.2) is 9.97 Å². The Morgan fingerprint density at radius 1 is 1.31 bits per heavy atom. The standard InChI is InChI=1S/C21H25F3N4O3.CH4.2H2/c1-13-3-6-17(20(27-13)31-11-21(22,23)24)19(29)28-14(2)16-7-8-25-18(9-16)26-12-30-10-15-4-5-15;;;/h3,6-9,14-15H,4-5,10-12H2,1-2H3,(H,25,26)(H,28,29);1H4;2*1H. The number of carbonyl (C=O) groups excluding carboxylic acids is 1. The predicted molar refractivity (Wildman–Crippen MR) is 119 cm³/mol. The smallest absolute Gasteiger partial charge is 0.422 e. The third-order valence-electron chi connectivity index (χ3n) is 4.65. The van der Waals surface area contributed by atoms with Gasteiger partial charge in [-0.1, -0.05) is 7.43 Å². The van der Waals surface area contributed by atoms with Gasteiger partial charge in [0.15, 0.2) is 6.61 Å². The first kappa shape index (κ1) is 25.4. The number of halogens is 3. The summed E-state index contributed by atoms with van der Waals surface area (Å²) in [6.07, 6.45) is -0.503. The summed E-state index contributed by atoms with van der Waals surface area (Å²) in [5.74, 6) is 0.321. The van der Waals surface area contributed by atoms with E-state index in [0.717, 1.165) is 12.2 Å². The van der Waals surface area contributed by atoms with Gasteiger partial charge in [0, 0.05) is 14.7 Å². The van der Waals surface area contributed by atoms with Gasteiger partial charge in [0.05, 0.1) is 12.6 Å². The number of hydrogen-bond acceptors (Lipinski definition) is 6. The molecule has 1 amide bonds. The van der Waals surface area contributed by atoms with E-state index in [9.17, 15) is 18.0 Å². The van der Waals surface area contributed by atoms with Crippen LogP contribution < -0.4 is 15.4 Å². The van der Waals surface area contributed by atoms with E-state index in [2.05, 4.69) is 20.6 Å². The fraction of sp³-hybridized carbons (Fsp3) is 0.500. The molecule has 2 N–H and O–H groups in total. The molecule has 0 spiro atoms. The van der Waals surface area contributed by atoms with Gasteiger partial charge in [0.1, 0.15) is 18.1 Å². The number of nitrogens with zero attached hydrogens (tertiary/aromatic N) is 2. The van der Waals surface area contributed by atoms with Crippen LogP contribution in [0.4, 0.5) is 19.0 Å². The van der Waals surface area contributed by atoms with Crippen molar-refractivity contribution in [1.29, 1.82) is 0 Å². The highest BCUT2D eigenvalue weighted by molar-refractivity contribution is 5.96. The molecule has 1 saturated carbocycles. The third-order valence-corrected chi connectivity index (χ3v) is 4.65. The van der Waals surface area contributed by atoms with Crippen LogP contribution in [0.15, 0.2) is 30.5 Å². The highest BCUT2D eigenvalue weighted by Gasteiger charge is 2.30. The molecule has 7 nitrogen and oxygen atoms in total. The minimum absolute atomic E-state index is 0. The molecule has 1 aliphatic carbocycles. The monoisotopic (exact) mass is 458 g/mol. The van der Waals surface area contributed by atoms with Gasteiger partial charge in [0.2, 0.25) is 5.88 Å². The summed E-state index contributed by atoms with van der Waals surface area (Å²) in [4.78, 5) is 20.8. The quantitative estimate of drug-likeness (QED) is 0.379. The summed E-state index contributed by atoms with van der Waals surface area (Å²) in [5.41, 5.74) is 1.14. The lowest BCUT2D eigenvalue weighted by Crippen LogP contribution is -2.28. The van der Waals surface area contributed by atoms with Gasteiger partial charge in [-0.3, -0.25) is 4.79 Å². The van der Waals surface area contributed by atoms with E-state index in [-0.39, 0.29) is 21.7 Å². The second kappa shape index (κ2) is 11.1. The van der Waals surface area contributed by atoms with Crippen molar-refractivity contribution in [3.63, 3.8) is 0 Å². The van der Waals surface area contributed by atoms with Crippen molar-refractivity contribution < 1.29 is 30.3 Å². The number of alkyl halides is 3. The van der Waals surface area contributed by atoms with Crippen LogP contribution in [0, 0.1) is 12.8 Å². The SMILES string of the molecule is C.Cc1ccc(C(=O)NC(C)c2ccnc(NCOCC3CC3)c2)c(OCC(F)(F)F)n1.[HH].[HH]. The van der Waals surface area contributed by atoms with Crippen molar-refractivity contribution >= 4 is 11.7 Å². The maximum Gasteiger partial charge on any atom is 0.422 e. The molecule has 1 aliphatic rings. The van der Waals surface area contributed by atoms with Gasteiger partial charge >= 0.3 is 6.18 Å². The van der Waals surface area contributed by atoms with Gasteiger partial charge in [-0.2, -0.15) is 13.2 Å². The Hall–Kier alpha value is -2.88. The van der Waals surface area contributed by atoms with E-state index in [1.54, 1.807) is 32.2 Å². The number of aryl methyl sites for hydroxylation is 1. The number of ether oxygens (including phenoxy) is 2. The van der Waals surface area contributed by atoms with Crippen LogP contribution in [-0.4, -0.2) is 42.0 Å². The Labute approximate surface area is 188 Å². The van der Waals surface area contributed by atoms with Crippen molar-refractivity contribution in [2.75, 3.05) is 25.3 Å². The fourth-order valence-electron chi connectivity index (χ4n) is 2.77. The molecule has 0 aliphatic heterocycles. The zero-order valence-corrected chi connectivity index (χ0v) is 17.3. The Morgan fingerprint density at radius 2 is 2.06 bits per heavy atom. The van der Waals surface area contributed by atoms with Crippen LogP contribution in [-0.2, 0) is 4.74 Å². The molecule has 32 heavy (non-hydrogen) atoms. The second-order valence-electron chi connectivity index (χ2n) is 7.51. The first-order valence-electron chi connectivity index (χ1n) is 9.97. The Bertz CT molecular complexity index is 915. The number of amides is 1. The van der Waals surface area contributed by atoms with Crippen molar-refractivity contribution in [2.24, 2.45) is 5.92 Å². The summed E-state index contributed by atoms with van der Waals surface area (Å²) in [6.45, 7) is 2.90. The maximum atomic E-state index is 12.7. The molecular weight excluding hydrogens is 425 g/mol. The van der Waals surface area contributed by atoms with Gasteiger partial charge in [0.25, 0.3) is 5.91 Å². The molecule has 10 heteroatoms. The number of carbonyl (C=O) groups is 1. The summed E-state index contributed by atoms with van der Waals surface area (Å²) in [6, 6.07) is 6.03. The van der Waals surface area contributed by atoms with E-state index in [4.69, 9.17) is 9.47 Å². The minimum Gasteiger partial charge on any atom is -0.467 e. The normalized spacial score (nSPS) is 14.3. The van der Waals surface area contributed by atoms with E-state index in [0.29, 0.717) is 24.2 Å². The van der Waals surface area contributed by atoms with E-state index in [1.165, 1.54) is 25.0 Å². The molecule has 1 atom stereocenters. The Kier molecular flexibility index (Phi) is 8.82. The van der Waals surface area contributed by atoms with E-state index in [1.807, 2.05) is 0 Å². The largest absolute Gasteiger partial charge is 0.467 e. The van der Waals surface area contributed by atoms with Crippen LogP contribution in [0.5, 0.6) is 5.88 Å². The Balaban J connectivity index is 0.00000363. The molecular formula is C22H33F3N4O3.